The fourth-order valence-corrected chi connectivity index (χ4v) is 29.8. The van der Waals surface area contributed by atoms with Crippen molar-refractivity contribution in [3.8, 4) is 11.5 Å². The Morgan fingerprint density at radius 2 is 0.891 bits per heavy atom. The molecule has 0 aromatic heterocycles. The van der Waals surface area contributed by atoms with E-state index in [1.807, 2.05) is 0 Å². The summed E-state index contributed by atoms with van der Waals surface area (Å²) in [6.45, 7) is 23.1. The molecule has 0 spiro atoms. The van der Waals surface area contributed by atoms with E-state index in [4.69, 9.17) is 0 Å². The van der Waals surface area contributed by atoms with Crippen LogP contribution in [0.2, 0.25) is 0 Å². The van der Waals surface area contributed by atoms with Crippen LogP contribution in [0.3, 0.4) is 0 Å². The number of rotatable bonds is 10. The molecule has 55 heavy (non-hydrogen) atoms. The van der Waals surface area contributed by atoms with Gasteiger partial charge >= 0.3 is 347 Å². The molecule has 2 N–H and O–H groups in total. The van der Waals surface area contributed by atoms with Gasteiger partial charge in [-0.15, -0.1) is 0 Å². The van der Waals surface area contributed by atoms with Crippen LogP contribution in [-0.4, -0.2) is 20.7 Å². The van der Waals surface area contributed by atoms with Gasteiger partial charge in [0.05, 0.1) is 0 Å². The van der Waals surface area contributed by atoms with Crippen LogP contribution in [-0.2, 0) is 48.6 Å². The molecule has 0 saturated heterocycles. The zero-order valence-corrected chi connectivity index (χ0v) is 38.7. The summed E-state index contributed by atoms with van der Waals surface area (Å²) in [6, 6.07) is 31.1. The molecule has 296 valence electrons. The normalized spacial score (nSPS) is 22.7. The Hall–Kier alpha value is -2.11. The van der Waals surface area contributed by atoms with Crippen molar-refractivity contribution in [1.29, 1.82) is 0 Å². The summed E-state index contributed by atoms with van der Waals surface area (Å²) < 4.78 is 0. The number of fused-ring (bicyclic) bond motifs is 1. The van der Waals surface area contributed by atoms with E-state index in [2.05, 4.69) is 154 Å². The van der Waals surface area contributed by atoms with Crippen LogP contribution in [0.4, 0.5) is 0 Å². The van der Waals surface area contributed by atoms with Crippen LogP contribution in [0.5, 0.6) is 11.5 Å². The topological polar surface area (TPSA) is 40.5 Å². The van der Waals surface area contributed by atoms with E-state index in [9.17, 15) is 10.2 Å². The molecule has 6 atom stereocenters. The Balaban J connectivity index is 1.50. The van der Waals surface area contributed by atoms with E-state index < -0.39 is 0 Å². The van der Waals surface area contributed by atoms with E-state index in [0.29, 0.717) is 11.5 Å². The van der Waals surface area contributed by atoms with Gasteiger partial charge in [0.15, 0.2) is 0 Å². The molecule has 0 bridgehead atoms. The van der Waals surface area contributed by atoms with E-state index in [1.165, 1.54) is 71.9 Å². The van der Waals surface area contributed by atoms with Crippen LogP contribution < -0.4 is 0 Å². The Labute approximate surface area is 344 Å². The molecule has 4 unspecified atom stereocenters. The van der Waals surface area contributed by atoms with Crippen molar-refractivity contribution in [1.82, 2.24) is 0 Å². The third-order valence-electron chi connectivity index (χ3n) is 13.2. The SMILES string of the molecule is CCC(C)(c1ccccc1)c1cc(C(C)(C)C)cc(C[S]2=[Ti]=[S](Cc3cc(C(C)(C)C)cc(C(C)(CC)c4ccccc4)c3O)[C@H]3CCCCCC[C@@H]32)c1O. The molecule has 1 saturated carbocycles. The van der Waals surface area contributed by atoms with Gasteiger partial charge in [-0.1, -0.05) is 0 Å². The van der Waals surface area contributed by atoms with Gasteiger partial charge in [0, 0.05) is 0 Å². The van der Waals surface area contributed by atoms with Gasteiger partial charge in [-0.2, -0.15) is 0 Å². The number of hydrogen-bond donors (Lipinski definition) is 2. The molecule has 5 heteroatoms. The third kappa shape index (κ3) is 8.84. The van der Waals surface area contributed by atoms with Gasteiger partial charge in [0.25, 0.3) is 0 Å². The minimum absolute atomic E-state index is 0.0231. The first-order valence-electron chi connectivity index (χ1n) is 21.0. The van der Waals surface area contributed by atoms with Crippen LogP contribution in [0, 0.1) is 0 Å². The first-order valence-corrected chi connectivity index (χ1v) is 27.8. The number of phenolic OH excluding ortho intramolecular Hbond substituents is 2. The van der Waals surface area contributed by atoms with Gasteiger partial charge in [0.1, 0.15) is 0 Å². The summed E-state index contributed by atoms with van der Waals surface area (Å²) in [5.41, 5.74) is 9.14. The van der Waals surface area contributed by atoms with Crippen molar-refractivity contribution in [2.75, 3.05) is 0 Å². The summed E-state index contributed by atoms with van der Waals surface area (Å²) in [7, 11) is 0.538. The zero-order valence-electron chi connectivity index (χ0n) is 35.5. The van der Waals surface area contributed by atoms with Crippen LogP contribution in [0.1, 0.15) is 165 Å². The molecule has 6 rings (SSSR count). The predicted molar refractivity (Wildman–Crippen MR) is 238 cm³/mol. The predicted octanol–water partition coefficient (Wildman–Crippen LogP) is 14.4. The Morgan fingerprint density at radius 3 is 1.22 bits per heavy atom. The number of benzene rings is 4. The van der Waals surface area contributed by atoms with Gasteiger partial charge in [0.2, 0.25) is 0 Å². The maximum absolute atomic E-state index is 12.4. The standard InChI is InChI=1S/C50H68O2S2.Ti/c1-11-49(9,37-23-17-15-18-24-37)41-31-39(47(3,4)5)29-35(45(41)51)33-53-43-27-21-13-14-22-28-44(43)54-34-36-30-40(48(6,7)8)32-42(46(36)52)50(10,12-2)38-25-19-16-20-26-38;/h15-20,23-26,29-32,43-44,51-52H,11-14,21-22,27-28,33-34H2,1-10H3;/t43-,44-,49?,50?;/m0./s1. The van der Waals surface area contributed by atoms with E-state index in [-0.39, 0.29) is 53.0 Å². The van der Waals surface area contributed by atoms with Crippen molar-refractivity contribution in [2.24, 2.45) is 0 Å². The quantitative estimate of drug-likeness (QED) is 0.157. The second kappa shape index (κ2) is 17.0. The van der Waals surface area contributed by atoms with Crippen molar-refractivity contribution in [3.05, 3.63) is 129 Å². The first-order chi connectivity index (χ1) is 26.0. The molecular formula is C50H68O2S2Ti. The summed E-state index contributed by atoms with van der Waals surface area (Å²) in [5, 5.41) is 26.3. The molecule has 1 aliphatic carbocycles. The number of aromatic hydroxyl groups is 2. The molecule has 0 amide bonds. The van der Waals surface area contributed by atoms with Crippen LogP contribution in [0.15, 0.2) is 84.9 Å². The summed E-state index contributed by atoms with van der Waals surface area (Å²) in [5.74, 6) is 3.08. The minimum atomic E-state index is -0.348. The number of phenols is 2. The second-order valence-electron chi connectivity index (χ2n) is 19.0. The number of hydrogen-bond acceptors (Lipinski definition) is 2. The summed E-state index contributed by atoms with van der Waals surface area (Å²) >= 11 is -0.348. The van der Waals surface area contributed by atoms with E-state index in [0.717, 1.165) is 46.0 Å². The van der Waals surface area contributed by atoms with Gasteiger partial charge < -0.3 is 0 Å². The van der Waals surface area contributed by atoms with Gasteiger partial charge in [-0.05, 0) is 0 Å². The average molecular weight is 813 g/mol. The summed E-state index contributed by atoms with van der Waals surface area (Å²) in [4.78, 5) is 0. The first kappa shape index (κ1) is 42.5. The average Bonchev–Trinajstić information content (AvgIpc) is 3.45. The van der Waals surface area contributed by atoms with Crippen molar-refractivity contribution >= 4 is 15.9 Å². The monoisotopic (exact) mass is 812 g/mol. The van der Waals surface area contributed by atoms with Crippen LogP contribution >= 0.6 is 15.9 Å². The van der Waals surface area contributed by atoms with E-state index in [1.54, 1.807) is 0 Å². The molecular weight excluding hydrogens is 745 g/mol. The van der Waals surface area contributed by atoms with Crippen molar-refractivity contribution in [3.63, 3.8) is 0 Å². The Kier molecular flexibility index (Phi) is 13.1. The Bertz CT molecular complexity index is 1910. The van der Waals surface area contributed by atoms with Crippen molar-refractivity contribution < 1.29 is 25.7 Å². The molecule has 0 radical (unpaired) electrons. The molecule has 4 aromatic carbocycles. The fourth-order valence-electron chi connectivity index (χ4n) is 8.97. The molecule has 1 fully saturated rings. The third-order valence-corrected chi connectivity index (χ3v) is 29.2. The molecule has 4 aromatic rings. The second-order valence-corrected chi connectivity index (χ2v) is 30.4. The van der Waals surface area contributed by atoms with E-state index >= 15 is 0 Å². The van der Waals surface area contributed by atoms with Crippen LogP contribution in [0.25, 0.3) is 0 Å². The molecule has 1 heterocycles. The Morgan fingerprint density at radius 1 is 0.527 bits per heavy atom. The fraction of sp³-hybridized carbons (Fsp3) is 0.520. The zero-order chi connectivity index (χ0) is 39.8. The van der Waals surface area contributed by atoms with Gasteiger partial charge in [-0.25, -0.2) is 0 Å². The molecule has 2 aliphatic rings. The van der Waals surface area contributed by atoms with Gasteiger partial charge in [-0.3, -0.25) is 0 Å². The summed E-state index contributed by atoms with van der Waals surface area (Å²) in [6.07, 6.45) is 9.85. The molecule has 2 nitrogen and oxygen atoms in total. The maximum atomic E-state index is 12.4. The molecule has 1 aliphatic heterocycles. The van der Waals surface area contributed by atoms with Crippen molar-refractivity contribution in [2.45, 2.75) is 164 Å².